The van der Waals surface area contributed by atoms with Crippen LogP contribution in [0.15, 0.2) is 55.0 Å². The van der Waals surface area contributed by atoms with Gasteiger partial charge in [0.2, 0.25) is 10.1 Å². The van der Waals surface area contributed by atoms with Gasteiger partial charge < -0.3 is 10.4 Å². The van der Waals surface area contributed by atoms with Crippen molar-refractivity contribution in [1.29, 1.82) is 0 Å². The molecular weight excluding hydrogens is 370 g/mol. The van der Waals surface area contributed by atoms with Crippen LogP contribution in [0.1, 0.15) is 12.5 Å². The second-order valence-electron chi connectivity index (χ2n) is 6.11. The zero-order chi connectivity index (χ0) is 18.1. The molecule has 0 radical (unpaired) electrons. The van der Waals surface area contributed by atoms with E-state index in [-0.39, 0.29) is 6.54 Å². The topological polar surface area (TPSA) is 75.3 Å². The highest BCUT2D eigenvalue weighted by atomic mass is 35.5. The highest BCUT2D eigenvalue weighted by Gasteiger charge is 2.26. The molecule has 0 amide bonds. The summed E-state index contributed by atoms with van der Waals surface area (Å²) in [6, 6.07) is 11.1. The van der Waals surface area contributed by atoms with Gasteiger partial charge in [-0.25, -0.2) is 9.50 Å². The highest BCUT2D eigenvalue weighted by molar-refractivity contribution is 7.20. The fourth-order valence-electron chi connectivity index (χ4n) is 2.67. The van der Waals surface area contributed by atoms with Crippen molar-refractivity contribution in [2.45, 2.75) is 12.5 Å². The lowest BCUT2D eigenvalue weighted by atomic mass is 9.96. The van der Waals surface area contributed by atoms with Gasteiger partial charge in [-0.05, 0) is 25.1 Å². The second kappa shape index (κ2) is 6.68. The van der Waals surface area contributed by atoms with Crippen LogP contribution in [-0.4, -0.2) is 31.2 Å². The number of pyridine rings is 1. The normalized spacial score (nSPS) is 13.7. The van der Waals surface area contributed by atoms with E-state index >= 15 is 0 Å². The van der Waals surface area contributed by atoms with E-state index in [1.54, 1.807) is 29.9 Å². The number of halogens is 1. The minimum atomic E-state index is -1.12. The van der Waals surface area contributed by atoms with E-state index in [1.165, 1.54) is 11.3 Å². The molecule has 8 heteroatoms. The summed E-state index contributed by atoms with van der Waals surface area (Å²) < 4.78 is 1.72. The van der Waals surface area contributed by atoms with Gasteiger partial charge in [0.1, 0.15) is 5.60 Å². The number of anilines is 1. The van der Waals surface area contributed by atoms with E-state index in [0.717, 1.165) is 16.2 Å². The van der Waals surface area contributed by atoms with Crippen molar-refractivity contribution in [1.82, 2.24) is 19.6 Å². The van der Waals surface area contributed by atoms with Gasteiger partial charge in [0.25, 0.3) is 0 Å². The molecule has 1 unspecified atom stereocenters. The van der Waals surface area contributed by atoms with Gasteiger partial charge in [0.15, 0.2) is 0 Å². The Kier molecular flexibility index (Phi) is 4.36. The first kappa shape index (κ1) is 17.0. The molecule has 6 nitrogen and oxygen atoms in total. The van der Waals surface area contributed by atoms with Gasteiger partial charge in [-0.3, -0.25) is 4.98 Å². The first-order chi connectivity index (χ1) is 12.5. The molecule has 0 fully saturated rings. The highest BCUT2D eigenvalue weighted by Crippen LogP contribution is 2.29. The van der Waals surface area contributed by atoms with Crippen molar-refractivity contribution < 1.29 is 5.11 Å². The number of fused-ring (bicyclic) bond motifs is 1. The summed E-state index contributed by atoms with van der Waals surface area (Å²) >= 11 is 7.61. The third-order valence-corrected chi connectivity index (χ3v) is 5.25. The van der Waals surface area contributed by atoms with E-state index in [9.17, 15) is 5.11 Å². The summed E-state index contributed by atoms with van der Waals surface area (Å²) in [5.41, 5.74) is 1.33. The fourth-order valence-corrected chi connectivity index (χ4v) is 3.78. The monoisotopic (exact) mass is 385 g/mol. The molecule has 3 heterocycles. The summed E-state index contributed by atoms with van der Waals surface area (Å²) in [5, 5.41) is 19.6. The molecule has 0 saturated heterocycles. The van der Waals surface area contributed by atoms with Crippen molar-refractivity contribution in [3.8, 4) is 11.3 Å². The van der Waals surface area contributed by atoms with Gasteiger partial charge in [-0.1, -0.05) is 41.1 Å². The molecule has 0 aliphatic carbocycles. The summed E-state index contributed by atoms with van der Waals surface area (Å²) in [4.78, 5) is 9.45. The van der Waals surface area contributed by atoms with Crippen LogP contribution in [0.5, 0.6) is 0 Å². The van der Waals surface area contributed by atoms with Gasteiger partial charge >= 0.3 is 0 Å². The lowest BCUT2D eigenvalue weighted by molar-refractivity contribution is 0.0716. The maximum absolute atomic E-state index is 10.7. The fraction of sp³-hybridized carbons (Fsp3) is 0.167. The lowest BCUT2D eigenvalue weighted by Gasteiger charge is -2.25. The summed E-state index contributed by atoms with van der Waals surface area (Å²) in [6.07, 6.45) is 5.36. The first-order valence-corrected chi connectivity index (χ1v) is 9.20. The first-order valence-electron chi connectivity index (χ1n) is 8.01. The van der Waals surface area contributed by atoms with Gasteiger partial charge in [-0.15, -0.1) is 5.10 Å². The third kappa shape index (κ3) is 3.29. The molecule has 0 bridgehead atoms. The number of hydrogen-bond acceptors (Lipinski definition) is 6. The van der Waals surface area contributed by atoms with Crippen LogP contribution in [0.2, 0.25) is 5.02 Å². The number of aromatic nitrogens is 4. The maximum Gasteiger partial charge on any atom is 0.214 e. The standard InChI is InChI=1S/C18H16ClN5OS/c1-18(25,13-6-2-3-7-14(13)19)11-21-16-23-24-10-15(22-17(24)26-16)12-5-4-8-20-9-12/h2-10,25H,11H2,1H3,(H,21,23). The molecule has 1 atom stereocenters. The van der Waals surface area contributed by atoms with Gasteiger partial charge in [0, 0.05) is 35.1 Å². The Bertz CT molecular complexity index is 1010. The Hall–Kier alpha value is -2.48. The predicted molar refractivity (Wildman–Crippen MR) is 104 cm³/mol. The molecule has 0 spiro atoms. The Morgan fingerprint density at radius 3 is 2.85 bits per heavy atom. The van der Waals surface area contributed by atoms with Crippen molar-refractivity contribution in [3.63, 3.8) is 0 Å². The number of hydrogen-bond donors (Lipinski definition) is 2. The molecule has 4 rings (SSSR count). The van der Waals surface area contributed by atoms with Crippen molar-refractivity contribution in [2.75, 3.05) is 11.9 Å². The summed E-state index contributed by atoms with van der Waals surface area (Å²) in [5.74, 6) is 0. The van der Waals surface area contributed by atoms with Crippen molar-refractivity contribution >= 4 is 33.0 Å². The zero-order valence-corrected chi connectivity index (χ0v) is 15.5. The number of nitrogens with one attached hydrogen (secondary N) is 1. The third-order valence-electron chi connectivity index (χ3n) is 4.04. The van der Waals surface area contributed by atoms with Crippen LogP contribution in [0.25, 0.3) is 16.2 Å². The molecule has 2 N–H and O–H groups in total. The number of nitrogens with zero attached hydrogens (tertiary/aromatic N) is 4. The quantitative estimate of drug-likeness (QED) is 0.546. The number of aliphatic hydroxyl groups is 1. The van der Waals surface area contributed by atoms with E-state index in [2.05, 4.69) is 20.4 Å². The number of rotatable bonds is 5. The molecule has 3 aromatic heterocycles. The van der Waals surface area contributed by atoms with Gasteiger partial charge in [0.05, 0.1) is 11.9 Å². The molecule has 0 aliphatic rings. The Labute approximate surface area is 159 Å². The van der Waals surface area contributed by atoms with Crippen LogP contribution in [0.4, 0.5) is 5.13 Å². The summed E-state index contributed by atoms with van der Waals surface area (Å²) in [7, 11) is 0. The molecule has 4 aromatic rings. The maximum atomic E-state index is 10.7. The Morgan fingerprint density at radius 2 is 2.12 bits per heavy atom. The summed E-state index contributed by atoms with van der Waals surface area (Å²) in [6.45, 7) is 2.00. The van der Waals surface area contributed by atoms with Crippen LogP contribution in [0, 0.1) is 0 Å². The van der Waals surface area contributed by atoms with Crippen LogP contribution in [0.3, 0.4) is 0 Å². The largest absolute Gasteiger partial charge is 0.384 e. The van der Waals surface area contributed by atoms with E-state index in [1.807, 2.05) is 36.5 Å². The average Bonchev–Trinajstić information content (AvgIpc) is 3.20. The van der Waals surface area contributed by atoms with Gasteiger partial charge in [-0.2, -0.15) is 0 Å². The van der Waals surface area contributed by atoms with E-state index in [0.29, 0.717) is 15.7 Å². The Balaban J connectivity index is 1.51. The number of benzene rings is 1. The van der Waals surface area contributed by atoms with E-state index < -0.39 is 5.60 Å². The van der Waals surface area contributed by atoms with Crippen molar-refractivity contribution in [3.05, 3.63) is 65.6 Å². The molecule has 0 saturated carbocycles. The average molecular weight is 386 g/mol. The molecular formula is C18H16ClN5OS. The van der Waals surface area contributed by atoms with Crippen LogP contribution >= 0.6 is 22.9 Å². The second-order valence-corrected chi connectivity index (χ2v) is 7.47. The molecule has 1 aromatic carbocycles. The van der Waals surface area contributed by atoms with Crippen molar-refractivity contribution in [2.24, 2.45) is 0 Å². The van der Waals surface area contributed by atoms with Crippen LogP contribution < -0.4 is 5.32 Å². The predicted octanol–water partition coefficient (Wildman–Crippen LogP) is 3.83. The van der Waals surface area contributed by atoms with Crippen LogP contribution in [-0.2, 0) is 5.60 Å². The SMILES string of the molecule is CC(O)(CNc1nn2cc(-c3cccnc3)nc2s1)c1ccccc1Cl. The zero-order valence-electron chi connectivity index (χ0n) is 13.9. The Morgan fingerprint density at radius 1 is 1.27 bits per heavy atom. The van der Waals surface area contributed by atoms with E-state index in [4.69, 9.17) is 11.6 Å². The smallest absolute Gasteiger partial charge is 0.214 e. The lowest BCUT2D eigenvalue weighted by Crippen LogP contribution is -2.31. The molecule has 26 heavy (non-hydrogen) atoms. The molecule has 0 aliphatic heterocycles. The minimum Gasteiger partial charge on any atom is -0.384 e. The molecule has 132 valence electrons. The number of imidazole rings is 1. The minimum absolute atomic E-state index is 0.281.